The molecule has 1 aromatic carbocycles. The Hall–Kier alpha value is -2.49. The number of anilines is 1. The van der Waals surface area contributed by atoms with Gasteiger partial charge in [-0.3, -0.25) is 0 Å². The molecule has 0 spiro atoms. The van der Waals surface area contributed by atoms with E-state index in [1.165, 1.54) is 0 Å². The molecule has 4 heteroatoms. The van der Waals surface area contributed by atoms with Crippen LogP contribution in [-0.4, -0.2) is 12.1 Å². The zero-order chi connectivity index (χ0) is 12.5. The van der Waals surface area contributed by atoms with Gasteiger partial charge in [0, 0.05) is 17.1 Å². The number of ether oxygens (including phenoxy) is 1. The first-order chi connectivity index (χ1) is 8.78. The lowest BCUT2D eigenvalue weighted by molar-refractivity contribution is 0.411. The van der Waals surface area contributed by atoms with Crippen molar-refractivity contribution in [2.45, 2.75) is 0 Å². The van der Waals surface area contributed by atoms with E-state index in [1.54, 1.807) is 19.4 Å². The number of hydrogen-bond acceptors (Lipinski definition) is 4. The molecule has 0 bridgehead atoms. The van der Waals surface area contributed by atoms with Crippen LogP contribution in [0.3, 0.4) is 0 Å². The third-order valence-corrected chi connectivity index (χ3v) is 2.80. The van der Waals surface area contributed by atoms with Crippen LogP contribution in [0.25, 0.3) is 22.3 Å². The lowest BCUT2D eigenvalue weighted by Gasteiger charge is -1.99. The predicted octanol–water partition coefficient (Wildman–Crippen LogP) is 3.09. The SMILES string of the molecule is COc1cccc2cc(-c3ccc(N)nc3)oc12. The Bertz CT molecular complexity index is 687. The average molecular weight is 240 g/mol. The van der Waals surface area contributed by atoms with Crippen molar-refractivity contribution >= 4 is 16.8 Å². The number of benzene rings is 1. The molecule has 0 atom stereocenters. The number of para-hydroxylation sites is 1. The smallest absolute Gasteiger partial charge is 0.176 e. The van der Waals surface area contributed by atoms with Crippen LogP contribution in [0, 0.1) is 0 Å². The molecule has 0 saturated carbocycles. The molecule has 0 amide bonds. The van der Waals surface area contributed by atoms with Gasteiger partial charge in [-0.2, -0.15) is 0 Å². The standard InChI is InChI=1S/C14H12N2O2/c1-17-11-4-2-3-9-7-12(18-14(9)11)10-5-6-13(15)16-8-10/h2-8H,1H3,(H2,15,16). The number of methoxy groups -OCH3 is 1. The highest BCUT2D eigenvalue weighted by Crippen LogP contribution is 2.32. The summed E-state index contributed by atoms with van der Waals surface area (Å²) in [5.41, 5.74) is 7.20. The zero-order valence-electron chi connectivity index (χ0n) is 9.88. The molecular formula is C14H12N2O2. The average Bonchev–Trinajstić information content (AvgIpc) is 2.83. The fourth-order valence-electron chi connectivity index (χ4n) is 1.89. The van der Waals surface area contributed by atoms with Crippen LogP contribution in [0.2, 0.25) is 0 Å². The minimum absolute atomic E-state index is 0.493. The van der Waals surface area contributed by atoms with Crippen molar-refractivity contribution in [3.8, 4) is 17.1 Å². The predicted molar refractivity (Wildman–Crippen MR) is 70.4 cm³/mol. The summed E-state index contributed by atoms with van der Waals surface area (Å²) in [6.07, 6.45) is 1.69. The summed E-state index contributed by atoms with van der Waals surface area (Å²) in [6, 6.07) is 11.4. The fourth-order valence-corrected chi connectivity index (χ4v) is 1.89. The maximum Gasteiger partial charge on any atom is 0.176 e. The van der Waals surface area contributed by atoms with E-state index in [9.17, 15) is 0 Å². The van der Waals surface area contributed by atoms with Crippen molar-refractivity contribution in [3.63, 3.8) is 0 Å². The van der Waals surface area contributed by atoms with Gasteiger partial charge in [-0.05, 0) is 24.3 Å². The minimum atomic E-state index is 0.493. The molecule has 0 fully saturated rings. The van der Waals surface area contributed by atoms with Crippen LogP contribution in [0.15, 0.2) is 47.0 Å². The molecule has 0 aliphatic carbocycles. The fraction of sp³-hybridized carbons (Fsp3) is 0.0714. The molecule has 4 nitrogen and oxygen atoms in total. The van der Waals surface area contributed by atoms with Crippen LogP contribution < -0.4 is 10.5 Å². The van der Waals surface area contributed by atoms with Crippen LogP contribution in [0.1, 0.15) is 0 Å². The lowest BCUT2D eigenvalue weighted by Crippen LogP contribution is -1.88. The number of nitrogen functional groups attached to an aromatic ring is 1. The van der Waals surface area contributed by atoms with E-state index in [1.807, 2.05) is 30.3 Å². The number of furan rings is 1. The molecule has 90 valence electrons. The van der Waals surface area contributed by atoms with E-state index in [-0.39, 0.29) is 0 Å². The van der Waals surface area contributed by atoms with Gasteiger partial charge >= 0.3 is 0 Å². The van der Waals surface area contributed by atoms with Crippen LogP contribution in [-0.2, 0) is 0 Å². The summed E-state index contributed by atoms with van der Waals surface area (Å²) in [6.45, 7) is 0. The van der Waals surface area contributed by atoms with Gasteiger partial charge in [-0.15, -0.1) is 0 Å². The van der Waals surface area contributed by atoms with Gasteiger partial charge in [0.2, 0.25) is 0 Å². The van der Waals surface area contributed by atoms with Crippen molar-refractivity contribution < 1.29 is 9.15 Å². The number of hydrogen-bond donors (Lipinski definition) is 1. The van der Waals surface area contributed by atoms with Gasteiger partial charge < -0.3 is 14.9 Å². The normalized spacial score (nSPS) is 10.7. The molecule has 3 rings (SSSR count). The molecule has 0 radical (unpaired) electrons. The molecular weight excluding hydrogens is 228 g/mol. The monoisotopic (exact) mass is 240 g/mol. The van der Waals surface area contributed by atoms with Crippen molar-refractivity contribution in [2.75, 3.05) is 12.8 Å². The maximum absolute atomic E-state index is 5.81. The second-order valence-corrected chi connectivity index (χ2v) is 3.96. The molecule has 3 aromatic rings. The van der Waals surface area contributed by atoms with Crippen molar-refractivity contribution in [2.24, 2.45) is 0 Å². The Balaban J connectivity index is 2.16. The van der Waals surface area contributed by atoms with E-state index >= 15 is 0 Å². The van der Waals surface area contributed by atoms with E-state index in [4.69, 9.17) is 14.9 Å². The highest BCUT2D eigenvalue weighted by molar-refractivity contribution is 5.87. The van der Waals surface area contributed by atoms with Gasteiger partial charge in [0.05, 0.1) is 7.11 Å². The Kier molecular flexibility index (Phi) is 2.41. The first-order valence-electron chi connectivity index (χ1n) is 5.56. The van der Waals surface area contributed by atoms with Crippen molar-refractivity contribution in [1.29, 1.82) is 0 Å². The number of nitrogens with two attached hydrogens (primary N) is 1. The molecule has 18 heavy (non-hydrogen) atoms. The van der Waals surface area contributed by atoms with Crippen LogP contribution in [0.4, 0.5) is 5.82 Å². The second kappa shape index (κ2) is 4.07. The van der Waals surface area contributed by atoms with E-state index < -0.39 is 0 Å². The summed E-state index contributed by atoms with van der Waals surface area (Å²) in [4.78, 5) is 4.05. The first-order valence-corrected chi connectivity index (χ1v) is 5.56. The largest absolute Gasteiger partial charge is 0.493 e. The second-order valence-electron chi connectivity index (χ2n) is 3.96. The molecule has 0 aliphatic heterocycles. The Morgan fingerprint density at radius 1 is 1.22 bits per heavy atom. The quantitative estimate of drug-likeness (QED) is 0.747. The number of aromatic nitrogens is 1. The minimum Gasteiger partial charge on any atom is -0.493 e. The van der Waals surface area contributed by atoms with Crippen LogP contribution in [0.5, 0.6) is 5.75 Å². The van der Waals surface area contributed by atoms with Gasteiger partial charge in [-0.25, -0.2) is 4.98 Å². The topological polar surface area (TPSA) is 61.3 Å². The molecule has 2 aromatic heterocycles. The van der Waals surface area contributed by atoms with E-state index in [0.717, 1.165) is 28.0 Å². The number of fused-ring (bicyclic) bond motifs is 1. The summed E-state index contributed by atoms with van der Waals surface area (Å²) in [7, 11) is 1.63. The maximum atomic E-state index is 5.81. The summed E-state index contributed by atoms with van der Waals surface area (Å²) >= 11 is 0. The van der Waals surface area contributed by atoms with Crippen LogP contribution >= 0.6 is 0 Å². The molecule has 0 saturated heterocycles. The van der Waals surface area contributed by atoms with Crippen molar-refractivity contribution in [3.05, 3.63) is 42.6 Å². The lowest BCUT2D eigenvalue weighted by atomic mass is 10.2. The molecule has 2 N–H and O–H groups in total. The zero-order valence-corrected chi connectivity index (χ0v) is 9.88. The molecule has 0 aliphatic rings. The third-order valence-electron chi connectivity index (χ3n) is 2.80. The van der Waals surface area contributed by atoms with E-state index in [0.29, 0.717) is 5.82 Å². The number of pyridine rings is 1. The third kappa shape index (κ3) is 1.68. The summed E-state index contributed by atoms with van der Waals surface area (Å²) in [5.74, 6) is 1.97. The van der Waals surface area contributed by atoms with Gasteiger partial charge in [-0.1, -0.05) is 12.1 Å². The highest BCUT2D eigenvalue weighted by Gasteiger charge is 2.10. The highest BCUT2D eigenvalue weighted by atomic mass is 16.5. The first kappa shape index (κ1) is 10.7. The number of rotatable bonds is 2. The summed E-state index contributed by atoms with van der Waals surface area (Å²) < 4.78 is 11.1. The molecule has 2 heterocycles. The van der Waals surface area contributed by atoms with E-state index in [2.05, 4.69) is 4.98 Å². The summed E-state index contributed by atoms with van der Waals surface area (Å²) in [5, 5.41) is 1.00. The molecule has 0 unspecified atom stereocenters. The van der Waals surface area contributed by atoms with Gasteiger partial charge in [0.15, 0.2) is 11.3 Å². The Morgan fingerprint density at radius 2 is 2.11 bits per heavy atom. The Morgan fingerprint density at radius 3 is 2.83 bits per heavy atom. The Labute approximate surface area is 104 Å². The van der Waals surface area contributed by atoms with Gasteiger partial charge in [0.1, 0.15) is 11.6 Å². The van der Waals surface area contributed by atoms with Gasteiger partial charge in [0.25, 0.3) is 0 Å². The number of nitrogens with zero attached hydrogens (tertiary/aromatic N) is 1. The van der Waals surface area contributed by atoms with Crippen molar-refractivity contribution in [1.82, 2.24) is 4.98 Å².